The van der Waals surface area contributed by atoms with Crippen LogP contribution in [0, 0.1) is 6.92 Å². The molecule has 1 unspecified atom stereocenters. The minimum Gasteiger partial charge on any atom is -0.387 e. The number of aliphatic hydroxyl groups excluding tert-OH is 1. The zero-order valence-corrected chi connectivity index (χ0v) is 20.9. The Hall–Kier alpha value is -1.97. The number of halogens is 1. The summed E-state index contributed by atoms with van der Waals surface area (Å²) in [5, 5.41) is 17.4. The zero-order valence-electron chi connectivity index (χ0n) is 18.5. The number of aryl methyl sites for hydroxylation is 1. The van der Waals surface area contributed by atoms with E-state index in [4.69, 9.17) is 11.6 Å². The van der Waals surface area contributed by atoms with Crippen LogP contribution in [0.3, 0.4) is 0 Å². The number of aromatic nitrogens is 1. The van der Waals surface area contributed by atoms with Gasteiger partial charge in [0.05, 0.1) is 33.8 Å². The van der Waals surface area contributed by atoms with Crippen molar-refractivity contribution in [2.45, 2.75) is 38.8 Å². The summed E-state index contributed by atoms with van der Waals surface area (Å²) in [6.07, 6.45) is 1.01. The second-order valence-corrected chi connectivity index (χ2v) is 11.7. The Kier molecular flexibility index (Phi) is 7.62. The van der Waals surface area contributed by atoms with Crippen molar-refractivity contribution < 1.29 is 13.5 Å². The maximum Gasteiger partial charge on any atom is 0.229 e. The number of anilines is 1. The summed E-state index contributed by atoms with van der Waals surface area (Å²) >= 11 is 7.71. The summed E-state index contributed by atoms with van der Waals surface area (Å²) in [5.41, 5.74) is 3.83. The van der Waals surface area contributed by atoms with Gasteiger partial charge >= 0.3 is 0 Å². The number of nitrogens with one attached hydrogen (secondary N) is 2. The van der Waals surface area contributed by atoms with Gasteiger partial charge in [-0.3, -0.25) is 4.72 Å². The van der Waals surface area contributed by atoms with Gasteiger partial charge in [-0.25, -0.2) is 13.4 Å². The van der Waals surface area contributed by atoms with Gasteiger partial charge in [-0.1, -0.05) is 41.9 Å². The van der Waals surface area contributed by atoms with Gasteiger partial charge in [0.15, 0.2) is 0 Å². The van der Waals surface area contributed by atoms with E-state index < -0.39 is 16.1 Å². The molecule has 0 aliphatic carbocycles. The Morgan fingerprint density at radius 1 is 1.19 bits per heavy atom. The minimum atomic E-state index is -3.47. The van der Waals surface area contributed by atoms with E-state index in [1.165, 1.54) is 5.56 Å². The number of thiazole rings is 1. The molecule has 0 saturated heterocycles. The van der Waals surface area contributed by atoms with Gasteiger partial charge in [-0.2, -0.15) is 0 Å². The fourth-order valence-electron chi connectivity index (χ4n) is 3.38. The van der Waals surface area contributed by atoms with Crippen LogP contribution in [0.4, 0.5) is 5.69 Å². The molecule has 1 aromatic heterocycles. The topological polar surface area (TPSA) is 91.3 Å². The molecule has 0 aliphatic heterocycles. The molecule has 0 bridgehead atoms. The Morgan fingerprint density at radius 3 is 2.47 bits per heavy atom. The number of aliphatic hydroxyl groups is 1. The first kappa shape index (κ1) is 24.7. The summed E-state index contributed by atoms with van der Waals surface area (Å²) < 4.78 is 25.4. The molecule has 3 rings (SSSR count). The van der Waals surface area contributed by atoms with Gasteiger partial charge in [-0.05, 0) is 50.5 Å². The van der Waals surface area contributed by atoms with Crippen molar-refractivity contribution in [3.05, 3.63) is 69.0 Å². The molecule has 0 saturated carbocycles. The standard InChI is InChI=1S/C23H28ClN3O3S2/c1-15-26-21(14-31-15)17-7-5-16(6-8-17)12-23(2,3)25-13-22(28)18-9-10-19(24)20(11-18)27-32(4,29)30/h5-11,14,22,25,27-28H,12-13H2,1-4H3. The Morgan fingerprint density at radius 2 is 1.88 bits per heavy atom. The van der Waals surface area contributed by atoms with Gasteiger partial charge in [0.1, 0.15) is 0 Å². The summed E-state index contributed by atoms with van der Waals surface area (Å²) in [6, 6.07) is 13.2. The van der Waals surface area contributed by atoms with Crippen LogP contribution in [0.25, 0.3) is 11.3 Å². The Balaban J connectivity index is 1.61. The third-order valence-electron chi connectivity index (χ3n) is 4.96. The van der Waals surface area contributed by atoms with Crippen LogP contribution in [0.15, 0.2) is 47.8 Å². The van der Waals surface area contributed by atoms with E-state index in [0.29, 0.717) is 12.1 Å². The number of nitrogens with zero attached hydrogens (tertiary/aromatic N) is 1. The van der Waals surface area contributed by atoms with Crippen LogP contribution in [0.1, 0.15) is 36.1 Å². The summed E-state index contributed by atoms with van der Waals surface area (Å²) in [4.78, 5) is 4.53. The lowest BCUT2D eigenvalue weighted by molar-refractivity contribution is 0.161. The van der Waals surface area contributed by atoms with Crippen molar-refractivity contribution >= 4 is 38.6 Å². The highest BCUT2D eigenvalue weighted by Gasteiger charge is 2.21. The van der Waals surface area contributed by atoms with Crippen LogP contribution in [0.5, 0.6) is 0 Å². The predicted molar refractivity (Wildman–Crippen MR) is 133 cm³/mol. The molecule has 3 N–H and O–H groups in total. The highest BCUT2D eigenvalue weighted by molar-refractivity contribution is 7.92. The van der Waals surface area contributed by atoms with E-state index >= 15 is 0 Å². The van der Waals surface area contributed by atoms with Gasteiger partial charge in [0, 0.05) is 23.0 Å². The molecule has 1 heterocycles. The summed E-state index contributed by atoms with van der Waals surface area (Å²) in [7, 11) is -3.47. The second kappa shape index (κ2) is 9.89. The molecule has 0 fully saturated rings. The van der Waals surface area contributed by atoms with Crippen molar-refractivity contribution in [2.24, 2.45) is 0 Å². The Bertz CT molecular complexity index is 1180. The number of sulfonamides is 1. The molecule has 32 heavy (non-hydrogen) atoms. The van der Waals surface area contributed by atoms with Crippen LogP contribution in [-0.4, -0.2) is 36.8 Å². The molecule has 3 aromatic rings. The monoisotopic (exact) mass is 493 g/mol. The third-order valence-corrected chi connectivity index (χ3v) is 6.65. The molecule has 2 aromatic carbocycles. The SMILES string of the molecule is Cc1nc(-c2ccc(CC(C)(C)NCC(O)c3ccc(Cl)c(NS(C)(=O)=O)c3)cc2)cs1. The van der Waals surface area contributed by atoms with Gasteiger partial charge < -0.3 is 10.4 Å². The average Bonchev–Trinajstić information content (AvgIpc) is 3.13. The van der Waals surface area contributed by atoms with E-state index in [2.05, 4.69) is 58.5 Å². The molecular weight excluding hydrogens is 466 g/mol. The van der Waals surface area contributed by atoms with E-state index in [1.54, 1.807) is 29.5 Å². The molecule has 0 radical (unpaired) electrons. The summed E-state index contributed by atoms with van der Waals surface area (Å²) in [6.45, 7) is 6.47. The van der Waals surface area contributed by atoms with Crippen LogP contribution >= 0.6 is 22.9 Å². The molecular formula is C23H28ClN3O3S2. The highest BCUT2D eigenvalue weighted by Crippen LogP contribution is 2.27. The number of hydrogen-bond acceptors (Lipinski definition) is 6. The number of β-amino-alcohol motifs (C(OH)–C–C–N with tert-alkyl or cyclic N) is 1. The van der Waals surface area contributed by atoms with E-state index in [1.807, 2.05) is 6.92 Å². The smallest absolute Gasteiger partial charge is 0.229 e. The predicted octanol–water partition coefficient (Wildman–Crippen LogP) is 4.79. The van der Waals surface area contributed by atoms with Crippen molar-refractivity contribution in [2.75, 3.05) is 17.5 Å². The van der Waals surface area contributed by atoms with Crippen molar-refractivity contribution in [3.63, 3.8) is 0 Å². The molecule has 9 heteroatoms. The molecule has 6 nitrogen and oxygen atoms in total. The third kappa shape index (κ3) is 7.02. The lowest BCUT2D eigenvalue weighted by atomic mass is 9.93. The lowest BCUT2D eigenvalue weighted by Gasteiger charge is -2.28. The first-order valence-electron chi connectivity index (χ1n) is 10.1. The normalized spacial score (nSPS) is 13.2. The van der Waals surface area contributed by atoms with Crippen LogP contribution in [0.2, 0.25) is 5.02 Å². The molecule has 0 amide bonds. The van der Waals surface area contributed by atoms with Crippen LogP contribution < -0.4 is 10.0 Å². The highest BCUT2D eigenvalue weighted by atomic mass is 35.5. The maximum absolute atomic E-state index is 11.5. The second-order valence-electron chi connectivity index (χ2n) is 8.52. The van der Waals surface area contributed by atoms with Gasteiger partial charge in [0.25, 0.3) is 0 Å². The first-order valence-corrected chi connectivity index (χ1v) is 13.3. The average molecular weight is 494 g/mol. The lowest BCUT2D eigenvalue weighted by Crippen LogP contribution is -2.43. The number of benzene rings is 2. The van der Waals surface area contributed by atoms with E-state index in [-0.39, 0.29) is 16.2 Å². The van der Waals surface area contributed by atoms with E-state index in [9.17, 15) is 13.5 Å². The molecule has 0 spiro atoms. The maximum atomic E-state index is 11.5. The number of hydrogen-bond donors (Lipinski definition) is 3. The van der Waals surface area contributed by atoms with Crippen LogP contribution in [-0.2, 0) is 16.4 Å². The number of rotatable bonds is 9. The fourth-order valence-corrected chi connectivity index (χ4v) is 4.79. The zero-order chi connectivity index (χ0) is 23.5. The van der Waals surface area contributed by atoms with Gasteiger partial charge in [-0.15, -0.1) is 11.3 Å². The minimum absolute atomic E-state index is 0.250. The largest absolute Gasteiger partial charge is 0.387 e. The first-order chi connectivity index (χ1) is 14.9. The van der Waals surface area contributed by atoms with Crippen molar-refractivity contribution in [1.29, 1.82) is 0 Å². The Labute approximate surface area is 198 Å². The van der Waals surface area contributed by atoms with E-state index in [0.717, 1.165) is 28.9 Å². The summed E-state index contributed by atoms with van der Waals surface area (Å²) in [5.74, 6) is 0. The molecule has 1 atom stereocenters. The quantitative estimate of drug-likeness (QED) is 0.398. The van der Waals surface area contributed by atoms with Gasteiger partial charge in [0.2, 0.25) is 10.0 Å². The van der Waals surface area contributed by atoms with Crippen molar-refractivity contribution in [1.82, 2.24) is 10.3 Å². The fraction of sp³-hybridized carbons (Fsp3) is 0.348. The molecule has 0 aliphatic rings. The van der Waals surface area contributed by atoms with Crippen molar-refractivity contribution in [3.8, 4) is 11.3 Å². The molecule has 172 valence electrons.